The minimum atomic E-state index is 0.353. The molecule has 0 aliphatic carbocycles. The number of aliphatic hydroxyl groups is 1. The van der Waals surface area contributed by atoms with Gasteiger partial charge in [0.25, 0.3) is 0 Å². The molecule has 1 rings (SSSR count). The molecule has 0 saturated carbocycles. The lowest BCUT2D eigenvalue weighted by Gasteiger charge is -2.21. The summed E-state index contributed by atoms with van der Waals surface area (Å²) in [4.78, 5) is 0. The van der Waals surface area contributed by atoms with Gasteiger partial charge in [-0.15, -0.1) is 0 Å². The molecule has 1 atom stereocenters. The summed E-state index contributed by atoms with van der Waals surface area (Å²) in [5.74, 6) is 1.36. The van der Waals surface area contributed by atoms with Crippen molar-refractivity contribution >= 4 is 11.8 Å². The van der Waals surface area contributed by atoms with Gasteiger partial charge < -0.3 is 10.4 Å². The van der Waals surface area contributed by atoms with Crippen molar-refractivity contribution in [1.82, 2.24) is 5.32 Å². The maximum absolute atomic E-state index is 8.62. The molecule has 0 aromatic heterocycles. The second-order valence-corrected chi connectivity index (χ2v) is 5.74. The van der Waals surface area contributed by atoms with Crippen molar-refractivity contribution in [3.63, 3.8) is 0 Å². The molecule has 0 bridgehead atoms. The summed E-state index contributed by atoms with van der Waals surface area (Å²) in [5, 5.41) is 13.0. The molecule has 1 unspecified atom stereocenters. The zero-order valence-corrected chi connectivity index (χ0v) is 10.5. The van der Waals surface area contributed by atoms with E-state index in [1.807, 2.05) is 0 Å². The Labute approximate surface area is 98.2 Å². The highest BCUT2D eigenvalue weighted by atomic mass is 32.2. The number of hydrogen-bond acceptors (Lipinski definition) is 3. The second-order valence-electron chi connectivity index (χ2n) is 4.33. The standard InChI is InChI=1S/C12H25NOS/c14-9-5-2-1-4-8-13-11-12-7-3-6-10-15-12/h12-14H,1-11H2. The quantitative estimate of drug-likeness (QED) is 0.629. The van der Waals surface area contributed by atoms with Gasteiger partial charge in [-0.25, -0.2) is 0 Å². The van der Waals surface area contributed by atoms with E-state index in [4.69, 9.17) is 5.11 Å². The monoisotopic (exact) mass is 231 g/mol. The van der Waals surface area contributed by atoms with E-state index in [-0.39, 0.29) is 0 Å². The van der Waals surface area contributed by atoms with Gasteiger partial charge in [-0.1, -0.05) is 19.3 Å². The first-order valence-electron chi connectivity index (χ1n) is 6.36. The highest BCUT2D eigenvalue weighted by Gasteiger charge is 2.12. The number of aliphatic hydroxyl groups excluding tert-OH is 1. The molecule has 0 radical (unpaired) electrons. The average Bonchev–Trinajstić information content (AvgIpc) is 2.29. The SMILES string of the molecule is OCCCCCCNCC1CCCCS1. The third-order valence-corrected chi connectivity index (χ3v) is 4.31. The minimum absolute atomic E-state index is 0.353. The van der Waals surface area contributed by atoms with Crippen LogP contribution in [0.3, 0.4) is 0 Å². The first kappa shape index (κ1) is 13.3. The lowest BCUT2D eigenvalue weighted by Crippen LogP contribution is -2.27. The number of hydrogen-bond donors (Lipinski definition) is 2. The Hall–Kier alpha value is 0.270. The molecule has 1 heterocycles. The molecule has 2 nitrogen and oxygen atoms in total. The number of thioether (sulfide) groups is 1. The molecule has 1 saturated heterocycles. The van der Waals surface area contributed by atoms with Crippen LogP contribution in [-0.4, -0.2) is 35.8 Å². The van der Waals surface area contributed by atoms with Crippen LogP contribution in [0.5, 0.6) is 0 Å². The van der Waals surface area contributed by atoms with Crippen molar-refractivity contribution in [3.8, 4) is 0 Å². The topological polar surface area (TPSA) is 32.3 Å². The predicted molar refractivity (Wildman–Crippen MR) is 68.5 cm³/mol. The van der Waals surface area contributed by atoms with Crippen LogP contribution in [-0.2, 0) is 0 Å². The fraction of sp³-hybridized carbons (Fsp3) is 1.00. The van der Waals surface area contributed by atoms with E-state index >= 15 is 0 Å². The van der Waals surface area contributed by atoms with Crippen LogP contribution in [0.1, 0.15) is 44.9 Å². The Bertz CT molecular complexity index is 138. The average molecular weight is 231 g/mol. The molecule has 1 aliphatic rings. The van der Waals surface area contributed by atoms with Gasteiger partial charge in [-0.2, -0.15) is 11.8 Å². The van der Waals surface area contributed by atoms with Gasteiger partial charge in [-0.05, 0) is 38.0 Å². The Balaban J connectivity index is 1.79. The molecule has 15 heavy (non-hydrogen) atoms. The van der Waals surface area contributed by atoms with E-state index in [0.717, 1.165) is 18.2 Å². The van der Waals surface area contributed by atoms with Gasteiger partial charge in [0, 0.05) is 18.4 Å². The Morgan fingerprint density at radius 1 is 1.13 bits per heavy atom. The minimum Gasteiger partial charge on any atom is -0.396 e. The van der Waals surface area contributed by atoms with Crippen molar-refractivity contribution in [2.75, 3.05) is 25.4 Å². The van der Waals surface area contributed by atoms with E-state index < -0.39 is 0 Å². The van der Waals surface area contributed by atoms with Gasteiger partial charge in [0.2, 0.25) is 0 Å². The van der Waals surface area contributed by atoms with E-state index in [2.05, 4.69) is 17.1 Å². The molecular weight excluding hydrogens is 206 g/mol. The van der Waals surface area contributed by atoms with Crippen molar-refractivity contribution in [3.05, 3.63) is 0 Å². The largest absolute Gasteiger partial charge is 0.396 e. The number of nitrogens with one attached hydrogen (secondary N) is 1. The maximum atomic E-state index is 8.62. The molecule has 1 fully saturated rings. The number of rotatable bonds is 8. The van der Waals surface area contributed by atoms with Crippen LogP contribution in [0.2, 0.25) is 0 Å². The zero-order valence-electron chi connectivity index (χ0n) is 9.71. The van der Waals surface area contributed by atoms with Crippen LogP contribution in [0.15, 0.2) is 0 Å². The first-order valence-corrected chi connectivity index (χ1v) is 7.41. The van der Waals surface area contributed by atoms with Gasteiger partial charge >= 0.3 is 0 Å². The van der Waals surface area contributed by atoms with Gasteiger partial charge in [-0.3, -0.25) is 0 Å². The van der Waals surface area contributed by atoms with Crippen LogP contribution in [0, 0.1) is 0 Å². The summed E-state index contributed by atoms with van der Waals surface area (Å²) in [6.45, 7) is 2.71. The van der Waals surface area contributed by atoms with Crippen molar-refractivity contribution in [2.24, 2.45) is 0 Å². The van der Waals surface area contributed by atoms with Gasteiger partial charge in [0.15, 0.2) is 0 Å². The highest BCUT2D eigenvalue weighted by molar-refractivity contribution is 7.99. The summed E-state index contributed by atoms with van der Waals surface area (Å²) in [6.07, 6.45) is 8.91. The third kappa shape index (κ3) is 7.20. The molecular formula is C12H25NOS. The van der Waals surface area contributed by atoms with Gasteiger partial charge in [0.1, 0.15) is 0 Å². The second kappa shape index (κ2) is 9.49. The zero-order chi connectivity index (χ0) is 10.8. The molecule has 0 amide bonds. The molecule has 0 aromatic rings. The molecule has 90 valence electrons. The molecule has 1 aliphatic heterocycles. The summed E-state index contributed by atoms with van der Waals surface area (Å²) < 4.78 is 0. The normalized spacial score (nSPS) is 21.8. The fourth-order valence-corrected chi connectivity index (χ4v) is 3.22. The molecule has 2 N–H and O–H groups in total. The van der Waals surface area contributed by atoms with E-state index in [0.29, 0.717) is 6.61 Å². The number of unbranched alkanes of at least 4 members (excludes halogenated alkanes) is 3. The Kier molecular flexibility index (Phi) is 8.44. The smallest absolute Gasteiger partial charge is 0.0431 e. The summed E-state index contributed by atoms with van der Waals surface area (Å²) >= 11 is 2.14. The first-order chi connectivity index (χ1) is 7.43. The van der Waals surface area contributed by atoms with E-state index in [1.165, 1.54) is 50.8 Å². The lowest BCUT2D eigenvalue weighted by molar-refractivity contribution is 0.282. The summed E-state index contributed by atoms with van der Waals surface area (Å²) in [6, 6.07) is 0. The third-order valence-electron chi connectivity index (χ3n) is 2.91. The van der Waals surface area contributed by atoms with Crippen LogP contribution >= 0.6 is 11.8 Å². The predicted octanol–water partition coefficient (Wildman–Crippen LogP) is 2.41. The van der Waals surface area contributed by atoms with Crippen LogP contribution in [0.4, 0.5) is 0 Å². The van der Waals surface area contributed by atoms with Crippen molar-refractivity contribution in [1.29, 1.82) is 0 Å². The summed E-state index contributed by atoms with van der Waals surface area (Å²) in [7, 11) is 0. The Morgan fingerprint density at radius 2 is 2.00 bits per heavy atom. The highest BCUT2D eigenvalue weighted by Crippen LogP contribution is 2.24. The molecule has 3 heteroatoms. The Morgan fingerprint density at radius 3 is 2.73 bits per heavy atom. The van der Waals surface area contributed by atoms with Crippen LogP contribution in [0.25, 0.3) is 0 Å². The fourth-order valence-electron chi connectivity index (χ4n) is 1.95. The molecule has 0 spiro atoms. The maximum Gasteiger partial charge on any atom is 0.0431 e. The van der Waals surface area contributed by atoms with Crippen molar-refractivity contribution < 1.29 is 5.11 Å². The van der Waals surface area contributed by atoms with Crippen molar-refractivity contribution in [2.45, 2.75) is 50.2 Å². The molecule has 0 aromatic carbocycles. The lowest BCUT2D eigenvalue weighted by atomic mass is 10.2. The summed E-state index contributed by atoms with van der Waals surface area (Å²) in [5.41, 5.74) is 0. The van der Waals surface area contributed by atoms with Gasteiger partial charge in [0.05, 0.1) is 0 Å². The van der Waals surface area contributed by atoms with E-state index in [9.17, 15) is 0 Å². The van der Waals surface area contributed by atoms with Crippen LogP contribution < -0.4 is 5.32 Å². The van der Waals surface area contributed by atoms with E-state index in [1.54, 1.807) is 0 Å².